The zero-order chi connectivity index (χ0) is 21.9. The van der Waals surface area contributed by atoms with E-state index in [1.165, 1.54) is 11.8 Å². The summed E-state index contributed by atoms with van der Waals surface area (Å²) in [6.07, 6.45) is 1.93. The van der Waals surface area contributed by atoms with Gasteiger partial charge in [0.15, 0.2) is 0 Å². The Labute approximate surface area is 187 Å². The van der Waals surface area contributed by atoms with E-state index in [9.17, 15) is 4.39 Å². The van der Waals surface area contributed by atoms with Crippen LogP contribution in [0.4, 0.5) is 15.8 Å². The fourth-order valence-electron chi connectivity index (χ4n) is 4.33. The molecule has 2 heterocycles. The Hall–Kier alpha value is -3.44. The summed E-state index contributed by atoms with van der Waals surface area (Å²) in [5, 5.41) is 1.12. The number of nitrogens with zero attached hydrogens (tertiary/aromatic N) is 3. The smallest absolute Gasteiger partial charge is 0.128 e. The molecule has 1 aliphatic heterocycles. The molecule has 0 N–H and O–H groups in total. The standard InChI is InChI=1S/C27H26FN3O/c1-20-25(18-29-22-10-12-23(13-11-22)30-14-16-32-17-15-30)24-7-3-5-9-27(24)31(20)19-21-6-2-4-8-26(21)28/h2-13,18H,14-17,19H2,1H3. The van der Waals surface area contributed by atoms with Crippen molar-refractivity contribution in [1.29, 1.82) is 0 Å². The maximum Gasteiger partial charge on any atom is 0.128 e. The lowest BCUT2D eigenvalue weighted by atomic mass is 10.1. The van der Waals surface area contributed by atoms with Crippen molar-refractivity contribution < 1.29 is 9.13 Å². The van der Waals surface area contributed by atoms with E-state index in [-0.39, 0.29) is 5.82 Å². The molecule has 5 rings (SSSR count). The lowest BCUT2D eigenvalue weighted by Crippen LogP contribution is -2.36. The first-order valence-electron chi connectivity index (χ1n) is 11.0. The van der Waals surface area contributed by atoms with E-state index < -0.39 is 0 Å². The van der Waals surface area contributed by atoms with Gasteiger partial charge in [-0.2, -0.15) is 0 Å². The second-order valence-corrected chi connectivity index (χ2v) is 8.07. The molecule has 5 heteroatoms. The highest BCUT2D eigenvalue weighted by atomic mass is 19.1. The SMILES string of the molecule is Cc1c(C=Nc2ccc(N3CCOCC3)cc2)c2ccccc2n1Cc1ccccc1F. The van der Waals surface area contributed by atoms with Gasteiger partial charge in [0.2, 0.25) is 0 Å². The van der Waals surface area contributed by atoms with Gasteiger partial charge in [-0.3, -0.25) is 4.99 Å². The summed E-state index contributed by atoms with van der Waals surface area (Å²) in [5.74, 6) is -0.180. The molecule has 0 spiro atoms. The number of benzene rings is 3. The summed E-state index contributed by atoms with van der Waals surface area (Å²) >= 11 is 0. The molecule has 1 fully saturated rings. The molecule has 1 aromatic heterocycles. The van der Waals surface area contributed by atoms with Crippen molar-refractivity contribution in [3.63, 3.8) is 0 Å². The summed E-state index contributed by atoms with van der Waals surface area (Å²) < 4.78 is 21.9. The zero-order valence-electron chi connectivity index (χ0n) is 18.2. The van der Waals surface area contributed by atoms with Crippen molar-refractivity contribution in [1.82, 2.24) is 4.57 Å². The monoisotopic (exact) mass is 427 g/mol. The van der Waals surface area contributed by atoms with Gasteiger partial charge < -0.3 is 14.2 Å². The highest BCUT2D eigenvalue weighted by Gasteiger charge is 2.14. The van der Waals surface area contributed by atoms with Crippen LogP contribution >= 0.6 is 0 Å². The second-order valence-electron chi connectivity index (χ2n) is 8.07. The number of fused-ring (bicyclic) bond motifs is 1. The molecule has 0 saturated carbocycles. The first kappa shape index (κ1) is 20.5. The number of morpholine rings is 1. The number of ether oxygens (including phenoxy) is 1. The minimum atomic E-state index is -0.180. The predicted octanol–water partition coefficient (Wildman–Crippen LogP) is 5.72. The molecule has 1 aliphatic rings. The molecule has 0 unspecified atom stereocenters. The Morgan fingerprint density at radius 1 is 0.938 bits per heavy atom. The van der Waals surface area contributed by atoms with Crippen LogP contribution in [0, 0.1) is 12.7 Å². The van der Waals surface area contributed by atoms with Crippen LogP contribution in [0.15, 0.2) is 77.8 Å². The van der Waals surface area contributed by atoms with Crippen molar-refractivity contribution in [2.45, 2.75) is 13.5 Å². The summed E-state index contributed by atoms with van der Waals surface area (Å²) in [4.78, 5) is 7.09. The van der Waals surface area contributed by atoms with Gasteiger partial charge >= 0.3 is 0 Å². The number of aromatic nitrogens is 1. The van der Waals surface area contributed by atoms with Gasteiger partial charge in [-0.05, 0) is 43.3 Å². The van der Waals surface area contributed by atoms with Crippen molar-refractivity contribution >= 4 is 28.5 Å². The van der Waals surface area contributed by atoms with Gasteiger partial charge in [-0.15, -0.1) is 0 Å². The number of hydrogen-bond acceptors (Lipinski definition) is 3. The van der Waals surface area contributed by atoms with Crippen molar-refractivity contribution in [2.75, 3.05) is 31.2 Å². The third kappa shape index (κ3) is 4.04. The molecular formula is C27H26FN3O. The molecule has 0 atom stereocenters. The lowest BCUT2D eigenvalue weighted by molar-refractivity contribution is 0.122. The van der Waals surface area contributed by atoms with Crippen molar-refractivity contribution in [3.8, 4) is 0 Å². The number of halogens is 1. The van der Waals surface area contributed by atoms with E-state index in [0.717, 1.165) is 54.2 Å². The highest BCUT2D eigenvalue weighted by Crippen LogP contribution is 2.27. The fourth-order valence-corrected chi connectivity index (χ4v) is 4.33. The second kappa shape index (κ2) is 8.97. The van der Waals surface area contributed by atoms with E-state index >= 15 is 0 Å². The molecule has 0 radical (unpaired) electrons. The van der Waals surface area contributed by atoms with Gasteiger partial charge in [-0.25, -0.2) is 4.39 Å². The fraction of sp³-hybridized carbons (Fsp3) is 0.222. The van der Waals surface area contributed by atoms with E-state index in [1.54, 1.807) is 6.07 Å². The van der Waals surface area contributed by atoms with Gasteiger partial charge in [-0.1, -0.05) is 36.4 Å². The highest BCUT2D eigenvalue weighted by molar-refractivity contribution is 6.01. The minimum absolute atomic E-state index is 0.180. The Balaban J connectivity index is 1.45. The lowest BCUT2D eigenvalue weighted by Gasteiger charge is -2.28. The van der Waals surface area contributed by atoms with Crippen LogP contribution in [-0.4, -0.2) is 37.1 Å². The summed E-state index contributed by atoms with van der Waals surface area (Å²) in [6.45, 7) is 5.95. The van der Waals surface area contributed by atoms with Crippen LogP contribution in [-0.2, 0) is 11.3 Å². The van der Waals surface area contributed by atoms with Crippen molar-refractivity contribution in [3.05, 3.63) is 95.4 Å². The molecule has 0 bridgehead atoms. The van der Waals surface area contributed by atoms with E-state index in [1.807, 2.05) is 30.5 Å². The quantitative estimate of drug-likeness (QED) is 0.381. The number of rotatable bonds is 5. The van der Waals surface area contributed by atoms with Crippen LogP contribution in [0.5, 0.6) is 0 Å². The van der Waals surface area contributed by atoms with Crippen LogP contribution < -0.4 is 4.90 Å². The molecule has 0 aliphatic carbocycles. The van der Waals surface area contributed by atoms with Gasteiger partial charge in [0.1, 0.15) is 5.82 Å². The topological polar surface area (TPSA) is 29.8 Å². The first-order chi connectivity index (χ1) is 15.7. The Kier molecular flexibility index (Phi) is 5.73. The van der Waals surface area contributed by atoms with Gasteiger partial charge in [0.25, 0.3) is 0 Å². The van der Waals surface area contributed by atoms with Crippen LogP contribution in [0.25, 0.3) is 10.9 Å². The molecular weight excluding hydrogens is 401 g/mol. The number of anilines is 1. The summed E-state index contributed by atoms with van der Waals surface area (Å²) in [5.41, 5.74) is 6.01. The number of hydrogen-bond donors (Lipinski definition) is 0. The molecule has 3 aromatic carbocycles. The van der Waals surface area contributed by atoms with Crippen LogP contribution in [0.1, 0.15) is 16.8 Å². The average molecular weight is 428 g/mol. The maximum atomic E-state index is 14.3. The van der Waals surface area contributed by atoms with Crippen LogP contribution in [0.3, 0.4) is 0 Å². The third-order valence-electron chi connectivity index (χ3n) is 6.13. The molecule has 32 heavy (non-hydrogen) atoms. The Bertz CT molecular complexity index is 1250. The molecule has 4 nitrogen and oxygen atoms in total. The number of para-hydroxylation sites is 1. The maximum absolute atomic E-state index is 14.3. The third-order valence-corrected chi connectivity index (χ3v) is 6.13. The van der Waals surface area contributed by atoms with Gasteiger partial charge in [0, 0.05) is 52.7 Å². The van der Waals surface area contributed by atoms with Gasteiger partial charge in [0.05, 0.1) is 25.4 Å². The molecule has 162 valence electrons. The largest absolute Gasteiger partial charge is 0.378 e. The van der Waals surface area contributed by atoms with Crippen LogP contribution in [0.2, 0.25) is 0 Å². The molecule has 4 aromatic rings. The zero-order valence-corrected chi connectivity index (χ0v) is 18.2. The van der Waals surface area contributed by atoms with Crippen molar-refractivity contribution in [2.24, 2.45) is 4.99 Å². The predicted molar refractivity (Wildman–Crippen MR) is 129 cm³/mol. The summed E-state index contributed by atoms with van der Waals surface area (Å²) in [7, 11) is 0. The summed E-state index contributed by atoms with van der Waals surface area (Å²) in [6, 6.07) is 23.5. The van der Waals surface area contributed by atoms with E-state index in [4.69, 9.17) is 9.73 Å². The minimum Gasteiger partial charge on any atom is -0.378 e. The Morgan fingerprint density at radius 3 is 2.44 bits per heavy atom. The first-order valence-corrected chi connectivity index (χ1v) is 11.0. The molecule has 1 saturated heterocycles. The Morgan fingerprint density at radius 2 is 1.66 bits per heavy atom. The average Bonchev–Trinajstić information content (AvgIpc) is 3.11. The van der Waals surface area contributed by atoms with E-state index in [0.29, 0.717) is 12.1 Å². The number of aliphatic imine (C=N–C) groups is 1. The van der Waals surface area contributed by atoms with E-state index in [2.05, 4.69) is 52.8 Å². The molecule has 0 amide bonds. The normalized spacial score (nSPS) is 14.5.